The van der Waals surface area contributed by atoms with Gasteiger partial charge in [0, 0.05) is 17.7 Å². The van der Waals surface area contributed by atoms with Gasteiger partial charge in [-0.1, -0.05) is 0 Å². The van der Waals surface area contributed by atoms with Gasteiger partial charge in [-0.25, -0.2) is 8.78 Å². The standard InChI is InChI=1S/C16H14F2N2O4/c1-9-7-12(4-6-15(9)20(22)23)24-10(2)16(21)19-14-8-11(17)3-5-13(14)18/h3-8,10H,1-2H3,(H,19,21)/t10-/m1/s1. The summed E-state index contributed by atoms with van der Waals surface area (Å²) in [5.41, 5.74) is 0.0119. The van der Waals surface area contributed by atoms with Crippen molar-refractivity contribution in [2.24, 2.45) is 0 Å². The zero-order chi connectivity index (χ0) is 17.9. The van der Waals surface area contributed by atoms with Crippen LogP contribution in [0.25, 0.3) is 0 Å². The van der Waals surface area contributed by atoms with E-state index in [1.165, 1.54) is 32.0 Å². The van der Waals surface area contributed by atoms with Crippen LogP contribution < -0.4 is 10.1 Å². The van der Waals surface area contributed by atoms with Gasteiger partial charge in [-0.15, -0.1) is 0 Å². The Labute approximate surface area is 136 Å². The second-order valence-corrected chi connectivity index (χ2v) is 5.08. The molecule has 1 N–H and O–H groups in total. The molecule has 0 bridgehead atoms. The van der Waals surface area contributed by atoms with Crippen LogP contribution >= 0.6 is 0 Å². The molecule has 0 aromatic heterocycles. The number of aryl methyl sites for hydroxylation is 1. The first-order valence-corrected chi connectivity index (χ1v) is 6.95. The van der Waals surface area contributed by atoms with Gasteiger partial charge >= 0.3 is 0 Å². The van der Waals surface area contributed by atoms with E-state index in [1.807, 2.05) is 0 Å². The van der Waals surface area contributed by atoms with Gasteiger partial charge in [0.2, 0.25) is 0 Å². The predicted molar refractivity (Wildman–Crippen MR) is 82.9 cm³/mol. The fourth-order valence-electron chi connectivity index (χ4n) is 1.99. The summed E-state index contributed by atoms with van der Waals surface area (Å²) in [6.07, 6.45) is -1.02. The third-order valence-corrected chi connectivity index (χ3v) is 3.23. The third-order valence-electron chi connectivity index (χ3n) is 3.23. The molecule has 2 aromatic carbocycles. The number of carbonyl (C=O) groups excluding carboxylic acids is 1. The van der Waals surface area contributed by atoms with Crippen LogP contribution in [0.2, 0.25) is 0 Å². The summed E-state index contributed by atoms with van der Waals surface area (Å²) in [4.78, 5) is 22.2. The van der Waals surface area contributed by atoms with Gasteiger partial charge in [-0.05, 0) is 38.1 Å². The van der Waals surface area contributed by atoms with Crippen LogP contribution in [0.15, 0.2) is 36.4 Å². The molecule has 0 fully saturated rings. The number of nitro groups is 1. The van der Waals surface area contributed by atoms with Crippen molar-refractivity contribution >= 4 is 17.3 Å². The smallest absolute Gasteiger partial charge is 0.272 e. The molecule has 1 amide bonds. The summed E-state index contributed by atoms with van der Waals surface area (Å²) < 4.78 is 32.0. The topological polar surface area (TPSA) is 81.5 Å². The van der Waals surface area contributed by atoms with E-state index < -0.39 is 28.6 Å². The minimum Gasteiger partial charge on any atom is -0.481 e. The summed E-state index contributed by atoms with van der Waals surface area (Å²) in [6.45, 7) is 2.96. The van der Waals surface area contributed by atoms with Crippen molar-refractivity contribution in [2.45, 2.75) is 20.0 Å². The first kappa shape index (κ1) is 17.3. The zero-order valence-corrected chi connectivity index (χ0v) is 12.9. The van der Waals surface area contributed by atoms with Crippen LogP contribution in [0, 0.1) is 28.7 Å². The lowest BCUT2D eigenvalue weighted by Crippen LogP contribution is -2.30. The highest BCUT2D eigenvalue weighted by Gasteiger charge is 2.18. The monoisotopic (exact) mass is 336 g/mol. The van der Waals surface area contributed by atoms with Gasteiger partial charge in [0.15, 0.2) is 6.10 Å². The molecule has 0 aliphatic rings. The summed E-state index contributed by atoms with van der Waals surface area (Å²) in [6, 6.07) is 6.74. The molecule has 0 spiro atoms. The number of hydrogen-bond donors (Lipinski definition) is 1. The van der Waals surface area contributed by atoms with Crippen LogP contribution in [0.5, 0.6) is 5.75 Å². The van der Waals surface area contributed by atoms with Gasteiger partial charge in [-0.3, -0.25) is 14.9 Å². The van der Waals surface area contributed by atoms with E-state index in [1.54, 1.807) is 0 Å². The number of ether oxygens (including phenoxy) is 1. The first-order chi connectivity index (χ1) is 11.3. The maximum absolute atomic E-state index is 13.5. The fraction of sp³-hybridized carbons (Fsp3) is 0.188. The number of benzene rings is 2. The lowest BCUT2D eigenvalue weighted by Gasteiger charge is -2.15. The Hall–Kier alpha value is -3.03. The molecular weight excluding hydrogens is 322 g/mol. The van der Waals surface area contributed by atoms with Crippen LogP contribution in [-0.2, 0) is 4.79 Å². The van der Waals surface area contributed by atoms with Crippen molar-refractivity contribution in [3.63, 3.8) is 0 Å². The number of nitrogens with one attached hydrogen (secondary N) is 1. The molecule has 0 saturated carbocycles. The highest BCUT2D eigenvalue weighted by molar-refractivity contribution is 5.94. The molecule has 0 unspecified atom stereocenters. The average molecular weight is 336 g/mol. The number of carbonyl (C=O) groups is 1. The quantitative estimate of drug-likeness (QED) is 0.668. The molecule has 2 aromatic rings. The Bertz CT molecular complexity index is 796. The van der Waals surface area contributed by atoms with Crippen molar-refractivity contribution in [3.8, 4) is 5.75 Å². The number of nitro benzene ring substituents is 1. The largest absolute Gasteiger partial charge is 0.481 e. The van der Waals surface area contributed by atoms with E-state index >= 15 is 0 Å². The molecule has 6 nitrogen and oxygen atoms in total. The minimum absolute atomic E-state index is 0.0683. The second kappa shape index (κ2) is 7.03. The zero-order valence-electron chi connectivity index (χ0n) is 12.9. The van der Waals surface area contributed by atoms with Crippen LogP contribution in [-0.4, -0.2) is 16.9 Å². The minimum atomic E-state index is -1.02. The maximum atomic E-state index is 13.5. The van der Waals surface area contributed by atoms with Gasteiger partial charge in [0.25, 0.3) is 11.6 Å². The van der Waals surface area contributed by atoms with Gasteiger partial charge in [0.05, 0.1) is 10.6 Å². The lowest BCUT2D eigenvalue weighted by molar-refractivity contribution is -0.385. The molecule has 0 saturated heterocycles. The molecule has 0 radical (unpaired) electrons. The number of amides is 1. The van der Waals surface area contributed by atoms with E-state index in [4.69, 9.17) is 4.74 Å². The van der Waals surface area contributed by atoms with Crippen molar-refractivity contribution < 1.29 is 23.2 Å². The van der Waals surface area contributed by atoms with Crippen molar-refractivity contribution in [1.29, 1.82) is 0 Å². The number of anilines is 1. The van der Waals surface area contributed by atoms with Gasteiger partial charge in [0.1, 0.15) is 17.4 Å². The Morgan fingerprint density at radius 1 is 1.25 bits per heavy atom. The van der Waals surface area contributed by atoms with Crippen LogP contribution in [0.4, 0.5) is 20.2 Å². The first-order valence-electron chi connectivity index (χ1n) is 6.95. The normalized spacial score (nSPS) is 11.7. The Morgan fingerprint density at radius 3 is 2.58 bits per heavy atom. The summed E-state index contributed by atoms with van der Waals surface area (Å²) in [5.74, 6) is -1.90. The highest BCUT2D eigenvalue weighted by Crippen LogP contribution is 2.24. The number of hydrogen-bond acceptors (Lipinski definition) is 4. The molecule has 24 heavy (non-hydrogen) atoms. The van der Waals surface area contributed by atoms with E-state index in [0.29, 0.717) is 5.56 Å². The fourth-order valence-corrected chi connectivity index (χ4v) is 1.99. The number of rotatable bonds is 5. The molecule has 0 aliphatic carbocycles. The summed E-state index contributed by atoms with van der Waals surface area (Å²) in [5, 5.41) is 13.0. The molecular formula is C16H14F2N2O4. The van der Waals surface area contributed by atoms with Crippen molar-refractivity contribution in [2.75, 3.05) is 5.32 Å². The SMILES string of the molecule is Cc1cc(O[C@H](C)C(=O)Nc2cc(F)ccc2F)ccc1[N+](=O)[O-]. The summed E-state index contributed by atoms with van der Waals surface area (Å²) >= 11 is 0. The Kier molecular flexibility index (Phi) is 5.08. The van der Waals surface area contributed by atoms with Gasteiger partial charge in [-0.2, -0.15) is 0 Å². The Morgan fingerprint density at radius 2 is 1.96 bits per heavy atom. The van der Waals surface area contributed by atoms with E-state index in [9.17, 15) is 23.7 Å². The molecule has 0 heterocycles. The Balaban J connectivity index is 2.07. The molecule has 8 heteroatoms. The molecule has 2 rings (SSSR count). The number of halogens is 2. The van der Waals surface area contributed by atoms with E-state index in [0.717, 1.165) is 18.2 Å². The van der Waals surface area contributed by atoms with Crippen LogP contribution in [0.1, 0.15) is 12.5 Å². The molecule has 1 atom stereocenters. The number of nitrogens with zero attached hydrogens (tertiary/aromatic N) is 1. The molecule has 0 aliphatic heterocycles. The second-order valence-electron chi connectivity index (χ2n) is 5.08. The predicted octanol–water partition coefficient (Wildman–Crippen LogP) is 3.59. The highest BCUT2D eigenvalue weighted by atomic mass is 19.1. The lowest BCUT2D eigenvalue weighted by atomic mass is 10.2. The van der Waals surface area contributed by atoms with Gasteiger partial charge < -0.3 is 10.1 Å². The van der Waals surface area contributed by atoms with E-state index in [-0.39, 0.29) is 17.1 Å². The van der Waals surface area contributed by atoms with Crippen LogP contribution in [0.3, 0.4) is 0 Å². The summed E-state index contributed by atoms with van der Waals surface area (Å²) in [7, 11) is 0. The van der Waals surface area contributed by atoms with E-state index in [2.05, 4.69) is 5.32 Å². The maximum Gasteiger partial charge on any atom is 0.272 e. The van der Waals surface area contributed by atoms with Crippen molar-refractivity contribution in [3.05, 3.63) is 63.7 Å². The third kappa shape index (κ3) is 4.03. The molecule has 126 valence electrons. The average Bonchev–Trinajstić information content (AvgIpc) is 2.50. The van der Waals surface area contributed by atoms with Crippen molar-refractivity contribution in [1.82, 2.24) is 0 Å².